The average Bonchev–Trinajstić information content (AvgIpc) is 3.03. The number of phenolic OH excluding ortho intramolecular Hbond substituents is 1. The van der Waals surface area contributed by atoms with Gasteiger partial charge in [-0.3, -0.25) is 0 Å². The van der Waals surface area contributed by atoms with Crippen LogP contribution in [-0.2, 0) is 11.3 Å². The first kappa shape index (κ1) is 30.4. The molecule has 4 aromatic carbocycles. The summed E-state index contributed by atoms with van der Waals surface area (Å²) < 4.78 is 12.3. The van der Waals surface area contributed by atoms with Gasteiger partial charge in [-0.1, -0.05) is 107 Å². The van der Waals surface area contributed by atoms with E-state index in [0.29, 0.717) is 30.4 Å². The normalized spacial score (nSPS) is 12.2. The summed E-state index contributed by atoms with van der Waals surface area (Å²) in [5.74, 6) is 1.01. The average molecular weight is 578 g/mol. The molecule has 224 valence electrons. The first-order chi connectivity index (χ1) is 21.1. The highest BCUT2D eigenvalue weighted by molar-refractivity contribution is 6.11. The number of aromatic nitrogens is 3. The highest BCUT2D eigenvalue weighted by Crippen LogP contribution is 2.37. The van der Waals surface area contributed by atoms with Crippen molar-refractivity contribution >= 4 is 21.5 Å². The van der Waals surface area contributed by atoms with Gasteiger partial charge in [0.05, 0.1) is 24.9 Å². The summed E-state index contributed by atoms with van der Waals surface area (Å²) in [6, 6.07) is 24.6. The molecule has 0 aliphatic rings. The lowest BCUT2D eigenvalue weighted by atomic mass is 9.96. The SMILES string of the molecule is CCCCCCOc1nc(-c2ccc(COC(CC)CCCC)cc2O)nc(-c2c3ccccc3cc3ccccc23)n1. The van der Waals surface area contributed by atoms with Gasteiger partial charge < -0.3 is 14.6 Å². The smallest absolute Gasteiger partial charge is 0.320 e. The third-order valence-electron chi connectivity index (χ3n) is 7.96. The monoisotopic (exact) mass is 577 g/mol. The molecule has 0 radical (unpaired) electrons. The van der Waals surface area contributed by atoms with Crippen molar-refractivity contribution in [2.75, 3.05) is 6.61 Å². The van der Waals surface area contributed by atoms with Gasteiger partial charge in [-0.05, 0) is 64.6 Å². The Labute approximate surface area is 255 Å². The molecule has 6 heteroatoms. The standard InChI is InChI=1S/C37H43N3O3/c1-4-7-9-14-22-42-37-39-35(32-21-20-26(23-33(32)41)25-43-29(6-3)17-8-5-2)38-36(40-37)34-30-18-12-10-15-27(30)24-28-16-11-13-19-31(28)34/h10-13,15-16,18-21,23-24,29,41H,4-9,14,17,22,25H2,1-3H3. The maximum atomic E-state index is 11.2. The lowest BCUT2D eigenvalue weighted by Crippen LogP contribution is -2.11. The van der Waals surface area contributed by atoms with E-state index in [9.17, 15) is 5.11 Å². The molecule has 1 atom stereocenters. The second-order valence-corrected chi connectivity index (χ2v) is 11.2. The Morgan fingerprint density at radius 1 is 0.721 bits per heavy atom. The molecule has 1 heterocycles. The second-order valence-electron chi connectivity index (χ2n) is 11.2. The second kappa shape index (κ2) is 14.9. The summed E-state index contributed by atoms with van der Waals surface area (Å²) in [6.45, 7) is 7.52. The van der Waals surface area contributed by atoms with E-state index in [1.807, 2.05) is 36.4 Å². The molecular weight excluding hydrogens is 534 g/mol. The molecule has 1 N–H and O–H groups in total. The number of unbranched alkanes of at least 4 members (excludes halogenated alkanes) is 4. The van der Waals surface area contributed by atoms with Crippen molar-refractivity contribution in [3.8, 4) is 34.5 Å². The zero-order valence-electron chi connectivity index (χ0n) is 25.7. The molecule has 0 fully saturated rings. The molecule has 0 saturated carbocycles. The van der Waals surface area contributed by atoms with Crippen LogP contribution in [0.3, 0.4) is 0 Å². The minimum Gasteiger partial charge on any atom is -0.507 e. The summed E-state index contributed by atoms with van der Waals surface area (Å²) in [5, 5.41) is 15.5. The molecule has 1 unspecified atom stereocenters. The molecule has 1 aromatic heterocycles. The van der Waals surface area contributed by atoms with Crippen molar-refractivity contribution < 1.29 is 14.6 Å². The van der Waals surface area contributed by atoms with Crippen LogP contribution in [0.4, 0.5) is 0 Å². The largest absolute Gasteiger partial charge is 0.507 e. The minimum absolute atomic E-state index is 0.108. The van der Waals surface area contributed by atoms with E-state index < -0.39 is 0 Å². The van der Waals surface area contributed by atoms with Crippen molar-refractivity contribution in [3.63, 3.8) is 0 Å². The van der Waals surface area contributed by atoms with Gasteiger partial charge in [0.15, 0.2) is 11.6 Å². The first-order valence-corrected chi connectivity index (χ1v) is 15.8. The van der Waals surface area contributed by atoms with Crippen LogP contribution in [0.25, 0.3) is 44.3 Å². The summed E-state index contributed by atoms with van der Waals surface area (Å²) >= 11 is 0. The molecule has 43 heavy (non-hydrogen) atoms. The summed E-state index contributed by atoms with van der Waals surface area (Å²) in [4.78, 5) is 14.5. The Kier molecular flexibility index (Phi) is 10.6. The Hall–Kier alpha value is -4.03. The maximum absolute atomic E-state index is 11.2. The fourth-order valence-electron chi connectivity index (χ4n) is 5.51. The van der Waals surface area contributed by atoms with E-state index in [-0.39, 0.29) is 17.9 Å². The van der Waals surface area contributed by atoms with Crippen LogP contribution >= 0.6 is 0 Å². The van der Waals surface area contributed by atoms with Gasteiger partial charge >= 0.3 is 6.01 Å². The zero-order valence-corrected chi connectivity index (χ0v) is 25.7. The van der Waals surface area contributed by atoms with E-state index in [1.54, 1.807) is 6.07 Å². The first-order valence-electron chi connectivity index (χ1n) is 15.8. The molecule has 0 amide bonds. The molecule has 0 bridgehead atoms. The Morgan fingerprint density at radius 3 is 2.09 bits per heavy atom. The Morgan fingerprint density at radius 2 is 1.42 bits per heavy atom. The highest BCUT2D eigenvalue weighted by atomic mass is 16.5. The fraction of sp³-hybridized carbons (Fsp3) is 0.378. The lowest BCUT2D eigenvalue weighted by molar-refractivity contribution is 0.0312. The number of aromatic hydroxyl groups is 1. The molecule has 5 aromatic rings. The number of fused-ring (bicyclic) bond motifs is 2. The molecule has 0 aliphatic carbocycles. The number of hydrogen-bond acceptors (Lipinski definition) is 6. The quantitative estimate of drug-likeness (QED) is 0.0986. The van der Waals surface area contributed by atoms with Gasteiger partial charge in [0.1, 0.15) is 5.75 Å². The number of rotatable bonds is 15. The maximum Gasteiger partial charge on any atom is 0.320 e. The summed E-state index contributed by atoms with van der Waals surface area (Å²) in [5.41, 5.74) is 2.37. The van der Waals surface area contributed by atoms with E-state index >= 15 is 0 Å². The molecule has 0 aliphatic heterocycles. The molecule has 5 rings (SSSR count). The highest BCUT2D eigenvalue weighted by Gasteiger charge is 2.19. The van der Waals surface area contributed by atoms with Gasteiger partial charge in [-0.15, -0.1) is 0 Å². The molecule has 6 nitrogen and oxygen atoms in total. The van der Waals surface area contributed by atoms with E-state index in [4.69, 9.17) is 19.4 Å². The molecular formula is C37H43N3O3. The van der Waals surface area contributed by atoms with Crippen LogP contribution in [0.2, 0.25) is 0 Å². The number of hydrogen-bond donors (Lipinski definition) is 1. The van der Waals surface area contributed by atoms with Crippen molar-refractivity contribution in [1.82, 2.24) is 15.0 Å². The van der Waals surface area contributed by atoms with Crippen molar-refractivity contribution in [2.45, 2.75) is 84.8 Å². The van der Waals surface area contributed by atoms with Crippen LogP contribution in [-0.4, -0.2) is 32.8 Å². The van der Waals surface area contributed by atoms with Crippen LogP contribution in [0.15, 0.2) is 72.8 Å². The predicted octanol–water partition coefficient (Wildman–Crippen LogP) is 9.66. The number of benzene rings is 4. The minimum atomic E-state index is 0.108. The lowest BCUT2D eigenvalue weighted by Gasteiger charge is -2.16. The predicted molar refractivity (Wildman–Crippen MR) is 175 cm³/mol. The topological polar surface area (TPSA) is 77.4 Å². The molecule has 0 saturated heterocycles. The van der Waals surface area contributed by atoms with Gasteiger partial charge in [0, 0.05) is 5.56 Å². The third-order valence-corrected chi connectivity index (χ3v) is 7.96. The zero-order chi connectivity index (χ0) is 30.0. The van der Waals surface area contributed by atoms with Gasteiger partial charge in [0.2, 0.25) is 0 Å². The van der Waals surface area contributed by atoms with Crippen LogP contribution in [0.5, 0.6) is 11.8 Å². The van der Waals surface area contributed by atoms with Crippen molar-refractivity contribution in [1.29, 1.82) is 0 Å². The summed E-state index contributed by atoms with van der Waals surface area (Å²) in [6.07, 6.45) is 8.90. The number of phenols is 1. The van der Waals surface area contributed by atoms with Gasteiger partial charge in [-0.2, -0.15) is 9.97 Å². The van der Waals surface area contributed by atoms with Gasteiger partial charge in [0.25, 0.3) is 0 Å². The Balaban J connectivity index is 1.54. The van der Waals surface area contributed by atoms with Crippen molar-refractivity contribution in [3.05, 3.63) is 78.4 Å². The van der Waals surface area contributed by atoms with E-state index in [0.717, 1.165) is 77.6 Å². The van der Waals surface area contributed by atoms with Crippen LogP contribution in [0, 0.1) is 0 Å². The van der Waals surface area contributed by atoms with Crippen molar-refractivity contribution in [2.24, 2.45) is 0 Å². The van der Waals surface area contributed by atoms with Gasteiger partial charge in [-0.25, -0.2) is 4.98 Å². The Bertz CT molecular complexity index is 1600. The number of nitrogens with zero attached hydrogens (tertiary/aromatic N) is 3. The third kappa shape index (κ3) is 7.49. The molecule has 0 spiro atoms. The van der Waals surface area contributed by atoms with Crippen LogP contribution < -0.4 is 4.74 Å². The van der Waals surface area contributed by atoms with E-state index in [2.05, 4.69) is 56.1 Å². The summed E-state index contributed by atoms with van der Waals surface area (Å²) in [7, 11) is 0. The number of ether oxygens (including phenoxy) is 2. The fourth-order valence-corrected chi connectivity index (χ4v) is 5.51. The van der Waals surface area contributed by atoms with E-state index in [1.165, 1.54) is 6.42 Å². The van der Waals surface area contributed by atoms with Crippen LogP contribution in [0.1, 0.15) is 77.7 Å².